The first kappa shape index (κ1) is 35.2. The topological polar surface area (TPSA) is 21.3 Å². The standard InChI is InChI=1S/C54H49BN2O/c1-52(2,3)34-23-25-43(39(28-34)32-17-11-10-12-18-32)56-45-27-33-19-13-14-20-37(33)47-42-31-36(54(7,8)9)30-41-40-29-35(53(4,5)6)24-26-44(40)57(50(41)42)55(49(45)47)48-38-21-15-16-22-46(38)58-51(48)56/h10-31H,1-9H3. The minimum absolute atomic E-state index is 0.0118. The Kier molecular flexibility index (Phi) is 7.15. The van der Waals surface area contributed by atoms with Crippen molar-refractivity contribution in [3.05, 3.63) is 150 Å². The molecule has 2 aliphatic heterocycles. The number of aromatic nitrogens is 1. The molecule has 0 N–H and O–H groups in total. The van der Waals surface area contributed by atoms with Crippen LogP contribution in [0.1, 0.15) is 79.0 Å². The summed E-state index contributed by atoms with van der Waals surface area (Å²) in [7, 11) is 0. The molecule has 0 spiro atoms. The molecule has 3 nitrogen and oxygen atoms in total. The molecule has 0 bridgehead atoms. The number of hydrogen-bond donors (Lipinski definition) is 0. The van der Waals surface area contributed by atoms with Crippen molar-refractivity contribution in [3.63, 3.8) is 0 Å². The third-order valence-corrected chi connectivity index (χ3v) is 13.0. The van der Waals surface area contributed by atoms with Gasteiger partial charge < -0.3 is 8.90 Å². The Morgan fingerprint density at radius 1 is 0.483 bits per heavy atom. The highest BCUT2D eigenvalue weighted by molar-refractivity contribution is 6.92. The van der Waals surface area contributed by atoms with Crippen LogP contribution in [0.3, 0.4) is 0 Å². The Morgan fingerprint density at radius 2 is 1.10 bits per heavy atom. The van der Waals surface area contributed by atoms with Crippen molar-refractivity contribution < 1.29 is 4.42 Å². The summed E-state index contributed by atoms with van der Waals surface area (Å²) in [5, 5.41) is 6.30. The zero-order valence-electron chi connectivity index (χ0n) is 35.1. The predicted octanol–water partition coefficient (Wildman–Crippen LogP) is 13.7. The number of hydrogen-bond acceptors (Lipinski definition) is 2. The fraction of sp³-hybridized carbons (Fsp3) is 0.222. The van der Waals surface area contributed by atoms with Gasteiger partial charge in [-0.2, -0.15) is 0 Å². The number of fused-ring (bicyclic) bond motifs is 11. The lowest BCUT2D eigenvalue weighted by molar-refractivity contribution is 0.590. The number of rotatable bonds is 2. The van der Waals surface area contributed by atoms with Crippen molar-refractivity contribution in [1.29, 1.82) is 0 Å². The molecule has 4 heterocycles. The van der Waals surface area contributed by atoms with E-state index in [1.807, 2.05) is 0 Å². The van der Waals surface area contributed by atoms with E-state index in [0.29, 0.717) is 0 Å². The van der Waals surface area contributed by atoms with Gasteiger partial charge in [-0.3, -0.25) is 4.90 Å². The summed E-state index contributed by atoms with van der Waals surface area (Å²) in [5.74, 6) is 0.886. The molecule has 0 radical (unpaired) electrons. The Bertz CT molecular complexity index is 3180. The number of anilines is 3. The molecule has 0 unspecified atom stereocenters. The van der Waals surface area contributed by atoms with E-state index in [9.17, 15) is 0 Å². The molecule has 0 amide bonds. The van der Waals surface area contributed by atoms with Gasteiger partial charge >= 0.3 is 6.85 Å². The molecule has 284 valence electrons. The Labute approximate surface area is 342 Å². The van der Waals surface area contributed by atoms with Crippen LogP contribution in [0.4, 0.5) is 17.3 Å². The minimum Gasteiger partial charge on any atom is -0.440 e. The quantitative estimate of drug-likeness (QED) is 0.164. The number of para-hydroxylation sites is 1. The maximum atomic E-state index is 7.22. The van der Waals surface area contributed by atoms with Gasteiger partial charge in [-0.25, -0.2) is 0 Å². The van der Waals surface area contributed by atoms with Crippen LogP contribution in [-0.2, 0) is 16.2 Å². The first-order valence-electron chi connectivity index (χ1n) is 20.9. The van der Waals surface area contributed by atoms with E-state index < -0.39 is 0 Å². The normalized spacial score (nSPS) is 13.9. The smallest absolute Gasteiger partial charge is 0.337 e. The first-order valence-corrected chi connectivity index (χ1v) is 20.9. The number of nitrogens with zero attached hydrogens (tertiary/aromatic N) is 2. The van der Waals surface area contributed by atoms with Gasteiger partial charge in [0.25, 0.3) is 0 Å². The third-order valence-electron chi connectivity index (χ3n) is 13.0. The largest absolute Gasteiger partial charge is 0.440 e. The average molecular weight is 753 g/mol. The van der Waals surface area contributed by atoms with Crippen molar-refractivity contribution in [2.24, 2.45) is 0 Å². The van der Waals surface area contributed by atoms with Gasteiger partial charge in [0.1, 0.15) is 5.58 Å². The van der Waals surface area contributed by atoms with E-state index in [4.69, 9.17) is 4.42 Å². The van der Waals surface area contributed by atoms with Crippen LogP contribution in [0.2, 0.25) is 0 Å². The summed E-state index contributed by atoms with van der Waals surface area (Å²) in [6, 6.07) is 50.3. The Balaban J connectivity index is 1.35. The van der Waals surface area contributed by atoms with Crippen molar-refractivity contribution in [1.82, 2.24) is 4.48 Å². The van der Waals surface area contributed by atoms with Gasteiger partial charge in [0, 0.05) is 49.5 Å². The van der Waals surface area contributed by atoms with Crippen LogP contribution in [0.15, 0.2) is 138 Å². The highest BCUT2D eigenvalue weighted by Crippen LogP contribution is 2.52. The fourth-order valence-electron chi connectivity index (χ4n) is 9.92. The fourth-order valence-corrected chi connectivity index (χ4v) is 9.92. The number of benzene rings is 7. The summed E-state index contributed by atoms with van der Waals surface area (Å²) in [5.41, 5.74) is 17.2. The summed E-state index contributed by atoms with van der Waals surface area (Å²) < 4.78 is 9.90. The summed E-state index contributed by atoms with van der Waals surface area (Å²) in [6.45, 7) is 20.8. The maximum absolute atomic E-state index is 7.22. The summed E-state index contributed by atoms with van der Waals surface area (Å²) in [4.78, 5) is 2.46. The molecule has 0 aliphatic carbocycles. The van der Waals surface area contributed by atoms with Gasteiger partial charge in [-0.15, -0.1) is 0 Å². The van der Waals surface area contributed by atoms with Gasteiger partial charge in [-0.05, 0) is 109 Å². The van der Waals surface area contributed by atoms with Crippen LogP contribution < -0.4 is 15.8 Å². The second-order valence-electron chi connectivity index (χ2n) is 19.8. The van der Waals surface area contributed by atoms with Crippen LogP contribution in [-0.4, -0.2) is 11.3 Å². The number of furan rings is 1. The zero-order chi connectivity index (χ0) is 40.0. The third kappa shape index (κ3) is 4.93. The van der Waals surface area contributed by atoms with E-state index >= 15 is 0 Å². The Hall–Kier alpha value is -6.00. The van der Waals surface area contributed by atoms with E-state index in [-0.39, 0.29) is 23.1 Å². The Morgan fingerprint density at radius 3 is 1.84 bits per heavy atom. The van der Waals surface area contributed by atoms with Crippen LogP contribution in [0, 0.1) is 0 Å². The highest BCUT2D eigenvalue weighted by atomic mass is 16.4. The predicted molar refractivity (Wildman–Crippen MR) is 249 cm³/mol. The second kappa shape index (κ2) is 11.8. The average Bonchev–Trinajstić information content (AvgIpc) is 3.74. The molecule has 9 aromatic rings. The molecule has 0 fully saturated rings. The lowest BCUT2D eigenvalue weighted by Crippen LogP contribution is -2.56. The molecule has 0 atom stereocenters. The van der Waals surface area contributed by atoms with E-state index in [2.05, 4.69) is 205 Å². The van der Waals surface area contributed by atoms with Crippen LogP contribution >= 0.6 is 0 Å². The minimum atomic E-state index is -0.119. The molecule has 2 aromatic heterocycles. The van der Waals surface area contributed by atoms with Crippen molar-refractivity contribution in [3.8, 4) is 22.3 Å². The first-order chi connectivity index (χ1) is 27.7. The van der Waals surface area contributed by atoms with Gasteiger partial charge in [0.05, 0.1) is 5.69 Å². The lowest BCUT2D eigenvalue weighted by atomic mass is 9.45. The molecule has 11 rings (SSSR count). The van der Waals surface area contributed by atoms with Crippen LogP contribution in [0.5, 0.6) is 0 Å². The molecular weight excluding hydrogens is 703 g/mol. The van der Waals surface area contributed by atoms with Gasteiger partial charge in [0.2, 0.25) is 5.88 Å². The van der Waals surface area contributed by atoms with Crippen molar-refractivity contribution in [2.45, 2.75) is 78.6 Å². The van der Waals surface area contributed by atoms with Gasteiger partial charge in [-0.1, -0.05) is 147 Å². The van der Waals surface area contributed by atoms with Gasteiger partial charge in [0.15, 0.2) is 0 Å². The molecule has 0 saturated heterocycles. The summed E-state index contributed by atoms with van der Waals surface area (Å²) in [6.07, 6.45) is 0. The molecule has 7 aromatic carbocycles. The van der Waals surface area contributed by atoms with E-state index in [1.54, 1.807) is 0 Å². The van der Waals surface area contributed by atoms with E-state index in [1.165, 1.54) is 88.1 Å². The SMILES string of the molecule is CC(C)(C)c1ccc(N2c3cc4ccccc4c4c3B(c3c2oc2ccccc32)n2c3ccc(C(C)(C)C)cc3c3cc(C(C)(C)C)cc-4c32)c(-c2ccccc2)c1. The van der Waals surface area contributed by atoms with E-state index in [0.717, 1.165) is 22.5 Å². The molecule has 0 saturated carbocycles. The lowest BCUT2D eigenvalue weighted by Gasteiger charge is -2.39. The summed E-state index contributed by atoms with van der Waals surface area (Å²) >= 11 is 0. The molecule has 2 aliphatic rings. The maximum Gasteiger partial charge on any atom is 0.337 e. The van der Waals surface area contributed by atoms with Crippen molar-refractivity contribution in [2.75, 3.05) is 4.90 Å². The second-order valence-corrected chi connectivity index (χ2v) is 19.8. The van der Waals surface area contributed by atoms with Crippen molar-refractivity contribution >= 4 is 78.6 Å². The monoisotopic (exact) mass is 752 g/mol. The molecule has 58 heavy (non-hydrogen) atoms. The van der Waals surface area contributed by atoms with Crippen LogP contribution in [0.25, 0.3) is 65.8 Å². The highest BCUT2D eigenvalue weighted by Gasteiger charge is 2.47. The molecule has 4 heteroatoms. The molecular formula is C54H49BN2O. The zero-order valence-corrected chi connectivity index (χ0v) is 35.1.